The SMILES string of the molecule is CCn1nc(C)c(Cl)c1CNc1cccc(NC(C)=O)c1. The fourth-order valence-corrected chi connectivity index (χ4v) is 2.34. The number of benzene rings is 1. The van der Waals surface area contributed by atoms with E-state index in [9.17, 15) is 4.79 Å². The van der Waals surface area contributed by atoms with Crippen molar-refractivity contribution < 1.29 is 4.79 Å². The molecular weight excluding hydrogens is 288 g/mol. The van der Waals surface area contributed by atoms with E-state index in [1.165, 1.54) is 6.92 Å². The molecule has 2 aromatic rings. The topological polar surface area (TPSA) is 59.0 Å². The smallest absolute Gasteiger partial charge is 0.221 e. The van der Waals surface area contributed by atoms with Gasteiger partial charge in [-0.2, -0.15) is 5.10 Å². The van der Waals surface area contributed by atoms with Crippen LogP contribution in [0.5, 0.6) is 0 Å². The largest absolute Gasteiger partial charge is 0.379 e. The molecule has 2 rings (SSSR count). The van der Waals surface area contributed by atoms with Crippen molar-refractivity contribution in [3.05, 3.63) is 40.7 Å². The number of amides is 1. The van der Waals surface area contributed by atoms with Gasteiger partial charge in [-0.05, 0) is 32.0 Å². The Kier molecular flexibility index (Phi) is 4.85. The van der Waals surface area contributed by atoms with Crippen LogP contribution >= 0.6 is 11.6 Å². The van der Waals surface area contributed by atoms with Gasteiger partial charge in [-0.3, -0.25) is 9.48 Å². The highest BCUT2D eigenvalue weighted by atomic mass is 35.5. The molecule has 0 spiro atoms. The summed E-state index contributed by atoms with van der Waals surface area (Å²) in [4.78, 5) is 11.1. The Morgan fingerprint density at radius 3 is 2.76 bits per heavy atom. The first-order valence-electron chi connectivity index (χ1n) is 6.84. The molecule has 0 atom stereocenters. The molecule has 1 aromatic heterocycles. The molecule has 0 aliphatic carbocycles. The number of nitrogens with zero attached hydrogens (tertiary/aromatic N) is 2. The quantitative estimate of drug-likeness (QED) is 0.889. The van der Waals surface area contributed by atoms with Gasteiger partial charge in [0, 0.05) is 24.8 Å². The summed E-state index contributed by atoms with van der Waals surface area (Å²) in [5.74, 6) is -0.0881. The number of hydrogen-bond acceptors (Lipinski definition) is 3. The Labute approximate surface area is 129 Å². The molecule has 1 aromatic carbocycles. The van der Waals surface area contributed by atoms with Crippen LogP contribution in [0.2, 0.25) is 5.02 Å². The van der Waals surface area contributed by atoms with Gasteiger partial charge >= 0.3 is 0 Å². The minimum absolute atomic E-state index is 0.0881. The number of rotatable bonds is 5. The lowest BCUT2D eigenvalue weighted by Gasteiger charge is -2.10. The maximum Gasteiger partial charge on any atom is 0.221 e. The zero-order valence-corrected chi connectivity index (χ0v) is 13.2. The second-order valence-electron chi connectivity index (χ2n) is 4.78. The van der Waals surface area contributed by atoms with E-state index in [1.54, 1.807) is 0 Å². The van der Waals surface area contributed by atoms with Crippen LogP contribution in [-0.2, 0) is 17.9 Å². The van der Waals surface area contributed by atoms with Crippen molar-refractivity contribution in [3.8, 4) is 0 Å². The predicted molar refractivity (Wildman–Crippen MR) is 85.7 cm³/mol. The van der Waals surface area contributed by atoms with E-state index >= 15 is 0 Å². The molecule has 0 radical (unpaired) electrons. The van der Waals surface area contributed by atoms with Crippen molar-refractivity contribution in [2.75, 3.05) is 10.6 Å². The average molecular weight is 307 g/mol. The number of aromatic nitrogens is 2. The van der Waals surface area contributed by atoms with Crippen molar-refractivity contribution in [2.45, 2.75) is 33.9 Å². The number of anilines is 2. The Balaban J connectivity index is 2.11. The van der Waals surface area contributed by atoms with Crippen LogP contribution in [0.1, 0.15) is 25.2 Å². The summed E-state index contributed by atoms with van der Waals surface area (Å²) in [5.41, 5.74) is 3.47. The molecule has 0 aliphatic heterocycles. The molecule has 0 unspecified atom stereocenters. The van der Waals surface area contributed by atoms with Crippen LogP contribution in [0.4, 0.5) is 11.4 Å². The highest BCUT2D eigenvalue weighted by Crippen LogP contribution is 2.22. The second kappa shape index (κ2) is 6.63. The van der Waals surface area contributed by atoms with Gasteiger partial charge in [-0.25, -0.2) is 0 Å². The number of nitrogens with one attached hydrogen (secondary N) is 2. The fraction of sp³-hybridized carbons (Fsp3) is 0.333. The summed E-state index contributed by atoms with van der Waals surface area (Å²) >= 11 is 6.28. The zero-order valence-electron chi connectivity index (χ0n) is 12.4. The average Bonchev–Trinajstić information content (AvgIpc) is 2.71. The summed E-state index contributed by atoms with van der Waals surface area (Å²) in [5, 5.41) is 11.1. The van der Waals surface area contributed by atoms with E-state index in [0.29, 0.717) is 11.6 Å². The van der Waals surface area contributed by atoms with Gasteiger partial charge in [-0.15, -0.1) is 0 Å². The van der Waals surface area contributed by atoms with Gasteiger partial charge in [0.1, 0.15) is 0 Å². The molecule has 2 N–H and O–H groups in total. The summed E-state index contributed by atoms with van der Waals surface area (Å²) in [6, 6.07) is 7.56. The standard InChI is InChI=1S/C15H19ClN4O/c1-4-20-14(15(16)10(2)19-20)9-17-12-6-5-7-13(8-12)18-11(3)21/h5-8,17H,4,9H2,1-3H3,(H,18,21). The van der Waals surface area contributed by atoms with E-state index in [4.69, 9.17) is 11.6 Å². The monoisotopic (exact) mass is 306 g/mol. The summed E-state index contributed by atoms with van der Waals surface area (Å²) in [6.07, 6.45) is 0. The molecular formula is C15H19ClN4O. The Hall–Kier alpha value is -2.01. The first-order chi connectivity index (χ1) is 10.0. The Morgan fingerprint density at radius 1 is 1.38 bits per heavy atom. The Bertz CT molecular complexity index is 651. The molecule has 1 amide bonds. The molecule has 112 valence electrons. The maximum absolute atomic E-state index is 11.1. The molecule has 6 heteroatoms. The van der Waals surface area contributed by atoms with E-state index in [-0.39, 0.29) is 5.91 Å². The lowest BCUT2D eigenvalue weighted by atomic mass is 10.2. The van der Waals surface area contributed by atoms with Gasteiger partial charge in [0.15, 0.2) is 0 Å². The van der Waals surface area contributed by atoms with E-state index in [0.717, 1.165) is 29.3 Å². The van der Waals surface area contributed by atoms with Crippen LogP contribution < -0.4 is 10.6 Å². The van der Waals surface area contributed by atoms with Gasteiger partial charge in [0.05, 0.1) is 23.0 Å². The van der Waals surface area contributed by atoms with E-state index < -0.39 is 0 Å². The Morgan fingerprint density at radius 2 is 2.10 bits per heavy atom. The van der Waals surface area contributed by atoms with Crippen LogP contribution in [-0.4, -0.2) is 15.7 Å². The molecule has 0 saturated heterocycles. The minimum atomic E-state index is -0.0881. The van der Waals surface area contributed by atoms with Crippen molar-refractivity contribution in [3.63, 3.8) is 0 Å². The summed E-state index contributed by atoms with van der Waals surface area (Å²) in [7, 11) is 0. The minimum Gasteiger partial charge on any atom is -0.379 e. The normalized spacial score (nSPS) is 10.5. The fourth-order valence-electron chi connectivity index (χ4n) is 2.13. The van der Waals surface area contributed by atoms with Crippen molar-refractivity contribution in [2.24, 2.45) is 0 Å². The van der Waals surface area contributed by atoms with Crippen LogP contribution in [0.3, 0.4) is 0 Å². The molecule has 1 heterocycles. The van der Waals surface area contributed by atoms with Gasteiger partial charge in [0.2, 0.25) is 5.91 Å². The number of carbonyl (C=O) groups is 1. The molecule has 21 heavy (non-hydrogen) atoms. The maximum atomic E-state index is 11.1. The number of carbonyl (C=O) groups excluding carboxylic acids is 1. The molecule has 0 saturated carbocycles. The molecule has 0 aliphatic rings. The van der Waals surface area contributed by atoms with Crippen molar-refractivity contribution in [1.82, 2.24) is 9.78 Å². The van der Waals surface area contributed by atoms with Gasteiger partial charge in [-0.1, -0.05) is 17.7 Å². The zero-order chi connectivity index (χ0) is 15.4. The second-order valence-corrected chi connectivity index (χ2v) is 5.16. The lowest BCUT2D eigenvalue weighted by molar-refractivity contribution is -0.114. The van der Waals surface area contributed by atoms with E-state index in [1.807, 2.05) is 42.8 Å². The third kappa shape index (κ3) is 3.76. The van der Waals surface area contributed by atoms with Gasteiger partial charge in [0.25, 0.3) is 0 Å². The predicted octanol–water partition coefficient (Wildman–Crippen LogP) is 3.44. The summed E-state index contributed by atoms with van der Waals surface area (Å²) in [6.45, 7) is 6.77. The number of halogens is 1. The molecule has 0 fully saturated rings. The van der Waals surface area contributed by atoms with Crippen molar-refractivity contribution in [1.29, 1.82) is 0 Å². The highest BCUT2D eigenvalue weighted by molar-refractivity contribution is 6.31. The van der Waals surface area contributed by atoms with Crippen LogP contribution in [0.15, 0.2) is 24.3 Å². The summed E-state index contributed by atoms with van der Waals surface area (Å²) < 4.78 is 1.89. The lowest BCUT2D eigenvalue weighted by Crippen LogP contribution is -2.09. The first-order valence-corrected chi connectivity index (χ1v) is 7.22. The van der Waals surface area contributed by atoms with E-state index in [2.05, 4.69) is 15.7 Å². The number of hydrogen-bond donors (Lipinski definition) is 2. The third-order valence-electron chi connectivity index (χ3n) is 3.10. The first kappa shape index (κ1) is 15.4. The molecule has 0 bridgehead atoms. The number of aryl methyl sites for hydroxylation is 2. The molecule has 5 nitrogen and oxygen atoms in total. The third-order valence-corrected chi connectivity index (χ3v) is 3.59. The van der Waals surface area contributed by atoms with Crippen LogP contribution in [0, 0.1) is 6.92 Å². The van der Waals surface area contributed by atoms with Gasteiger partial charge < -0.3 is 10.6 Å². The van der Waals surface area contributed by atoms with Crippen molar-refractivity contribution >= 4 is 28.9 Å². The van der Waals surface area contributed by atoms with Crippen LogP contribution in [0.25, 0.3) is 0 Å². The highest BCUT2D eigenvalue weighted by Gasteiger charge is 2.12.